The molecule has 0 spiro atoms. The van der Waals surface area contributed by atoms with E-state index in [4.69, 9.17) is 0 Å². The molecule has 0 saturated heterocycles. The van der Waals surface area contributed by atoms with Crippen LogP contribution in [-0.4, -0.2) is 14.6 Å². The predicted molar refractivity (Wildman–Crippen MR) is 92.1 cm³/mol. The van der Waals surface area contributed by atoms with Crippen molar-refractivity contribution in [2.24, 2.45) is 0 Å². The van der Waals surface area contributed by atoms with Gasteiger partial charge in [0, 0.05) is 24.4 Å². The average molecular weight is 318 g/mol. The van der Waals surface area contributed by atoms with E-state index in [-0.39, 0.29) is 5.82 Å². The first kappa shape index (κ1) is 14.4. The number of anilines is 1. The molecular formula is C19H15FN4. The van der Waals surface area contributed by atoms with Crippen molar-refractivity contribution in [1.29, 1.82) is 0 Å². The molecule has 4 rings (SSSR count). The number of halogens is 1. The fraction of sp³-hybridized carbons (Fsp3) is 0.0526. The first-order valence-electron chi connectivity index (χ1n) is 7.68. The minimum Gasteiger partial charge on any atom is -0.366 e. The number of aromatic nitrogens is 3. The smallest absolute Gasteiger partial charge is 0.157 e. The van der Waals surface area contributed by atoms with Gasteiger partial charge in [-0.1, -0.05) is 42.5 Å². The van der Waals surface area contributed by atoms with Crippen LogP contribution in [0.1, 0.15) is 5.56 Å². The van der Waals surface area contributed by atoms with Crippen LogP contribution in [0.5, 0.6) is 0 Å². The first-order chi connectivity index (χ1) is 11.8. The monoisotopic (exact) mass is 318 g/mol. The summed E-state index contributed by atoms with van der Waals surface area (Å²) >= 11 is 0. The quantitative estimate of drug-likeness (QED) is 0.615. The third kappa shape index (κ3) is 2.96. The lowest BCUT2D eigenvalue weighted by Crippen LogP contribution is -2.02. The molecular weight excluding hydrogens is 303 g/mol. The summed E-state index contributed by atoms with van der Waals surface area (Å²) in [5.41, 5.74) is 3.34. The highest BCUT2D eigenvalue weighted by molar-refractivity contribution is 5.64. The molecule has 0 bridgehead atoms. The highest BCUT2D eigenvalue weighted by atomic mass is 19.1. The number of rotatable bonds is 4. The van der Waals surface area contributed by atoms with Crippen LogP contribution in [0.15, 0.2) is 72.9 Å². The van der Waals surface area contributed by atoms with Crippen LogP contribution in [0.4, 0.5) is 10.2 Å². The van der Waals surface area contributed by atoms with E-state index in [9.17, 15) is 4.39 Å². The number of nitrogens with zero attached hydrogens (tertiary/aromatic N) is 3. The normalized spacial score (nSPS) is 10.9. The number of benzene rings is 2. The van der Waals surface area contributed by atoms with Crippen molar-refractivity contribution in [2.45, 2.75) is 6.54 Å². The number of hydrogen-bond acceptors (Lipinski definition) is 3. The third-order valence-corrected chi connectivity index (χ3v) is 3.76. The van der Waals surface area contributed by atoms with Crippen molar-refractivity contribution in [3.05, 3.63) is 84.3 Å². The van der Waals surface area contributed by atoms with Gasteiger partial charge in [-0.3, -0.25) is 0 Å². The summed E-state index contributed by atoms with van der Waals surface area (Å²) < 4.78 is 15.1. The van der Waals surface area contributed by atoms with Crippen molar-refractivity contribution in [3.63, 3.8) is 0 Å². The van der Waals surface area contributed by atoms with Gasteiger partial charge < -0.3 is 5.32 Å². The van der Waals surface area contributed by atoms with E-state index in [0.29, 0.717) is 17.9 Å². The number of fused-ring (bicyclic) bond motifs is 1. The van der Waals surface area contributed by atoms with Crippen molar-refractivity contribution < 1.29 is 4.39 Å². The van der Waals surface area contributed by atoms with Crippen LogP contribution in [-0.2, 0) is 6.54 Å². The number of hydrogen-bond donors (Lipinski definition) is 1. The summed E-state index contributed by atoms with van der Waals surface area (Å²) in [6.07, 6.45) is 1.85. The molecule has 4 nitrogen and oxygen atoms in total. The second-order valence-electron chi connectivity index (χ2n) is 5.49. The summed E-state index contributed by atoms with van der Waals surface area (Å²) in [6.45, 7) is 0.703. The zero-order valence-electron chi connectivity index (χ0n) is 12.9. The Labute approximate surface area is 138 Å². The Bertz CT molecular complexity index is 979. The Morgan fingerprint density at radius 3 is 2.67 bits per heavy atom. The first-order valence-corrected chi connectivity index (χ1v) is 7.68. The molecule has 0 aliphatic carbocycles. The molecule has 1 N–H and O–H groups in total. The van der Waals surface area contributed by atoms with Gasteiger partial charge in [-0.05, 0) is 23.8 Å². The van der Waals surface area contributed by atoms with E-state index in [1.807, 2.05) is 42.6 Å². The molecule has 0 atom stereocenters. The van der Waals surface area contributed by atoms with Crippen molar-refractivity contribution in [3.8, 4) is 11.3 Å². The van der Waals surface area contributed by atoms with Crippen LogP contribution in [0.25, 0.3) is 16.9 Å². The zero-order valence-corrected chi connectivity index (χ0v) is 12.9. The summed E-state index contributed by atoms with van der Waals surface area (Å²) in [5.74, 6) is 0.500. The Morgan fingerprint density at radius 1 is 0.958 bits per heavy atom. The van der Waals surface area contributed by atoms with Crippen LogP contribution < -0.4 is 5.32 Å². The van der Waals surface area contributed by atoms with Crippen molar-refractivity contribution in [1.82, 2.24) is 14.6 Å². The Balaban J connectivity index is 1.59. The lowest BCUT2D eigenvalue weighted by atomic mass is 10.1. The minimum absolute atomic E-state index is 0.275. The Kier molecular flexibility index (Phi) is 3.67. The van der Waals surface area contributed by atoms with E-state index in [0.717, 1.165) is 11.4 Å². The van der Waals surface area contributed by atoms with Gasteiger partial charge in [-0.25, -0.2) is 13.9 Å². The second kappa shape index (κ2) is 6.12. The van der Waals surface area contributed by atoms with E-state index in [1.165, 1.54) is 17.7 Å². The molecule has 5 heteroatoms. The highest BCUT2D eigenvalue weighted by Gasteiger charge is 2.07. The lowest BCUT2D eigenvalue weighted by Gasteiger charge is -2.05. The van der Waals surface area contributed by atoms with Gasteiger partial charge in [0.1, 0.15) is 11.6 Å². The van der Waals surface area contributed by atoms with Crippen molar-refractivity contribution in [2.75, 3.05) is 5.32 Å². The average Bonchev–Trinajstić information content (AvgIpc) is 3.04. The van der Waals surface area contributed by atoms with Gasteiger partial charge in [0.25, 0.3) is 0 Å². The molecule has 0 fully saturated rings. The third-order valence-electron chi connectivity index (χ3n) is 3.76. The Morgan fingerprint density at radius 2 is 1.83 bits per heavy atom. The standard InChI is InChI=1S/C19H15FN4/c20-16-8-4-7-15(11-16)17-12-19-22-18(9-10-24(19)23-17)21-13-14-5-2-1-3-6-14/h1-12H,13H2,(H,21,22). The largest absolute Gasteiger partial charge is 0.366 e. The zero-order chi connectivity index (χ0) is 16.4. The molecule has 0 saturated carbocycles. The van der Waals surface area contributed by atoms with E-state index < -0.39 is 0 Å². The maximum Gasteiger partial charge on any atom is 0.157 e. The molecule has 2 heterocycles. The van der Waals surface area contributed by atoms with Crippen LogP contribution in [0, 0.1) is 5.82 Å². The van der Waals surface area contributed by atoms with Gasteiger partial charge >= 0.3 is 0 Å². The maximum absolute atomic E-state index is 13.4. The summed E-state index contributed by atoms with van der Waals surface area (Å²) in [5, 5.41) is 7.74. The van der Waals surface area contributed by atoms with E-state index in [1.54, 1.807) is 10.6 Å². The van der Waals surface area contributed by atoms with Crippen LogP contribution in [0.3, 0.4) is 0 Å². The van der Waals surface area contributed by atoms with Gasteiger partial charge in [-0.2, -0.15) is 5.10 Å². The highest BCUT2D eigenvalue weighted by Crippen LogP contribution is 2.20. The molecule has 0 amide bonds. The molecule has 0 aliphatic heterocycles. The summed E-state index contributed by atoms with van der Waals surface area (Å²) in [4.78, 5) is 4.55. The molecule has 4 aromatic rings. The van der Waals surface area contributed by atoms with E-state index >= 15 is 0 Å². The SMILES string of the molecule is Fc1cccc(-c2cc3nc(NCc4ccccc4)ccn3n2)c1. The van der Waals surface area contributed by atoms with Crippen molar-refractivity contribution >= 4 is 11.5 Å². The molecule has 0 aliphatic rings. The minimum atomic E-state index is -0.275. The topological polar surface area (TPSA) is 42.2 Å². The lowest BCUT2D eigenvalue weighted by molar-refractivity contribution is 0.628. The Hall–Kier alpha value is -3.21. The second-order valence-corrected chi connectivity index (χ2v) is 5.49. The van der Waals surface area contributed by atoms with Crippen LogP contribution in [0.2, 0.25) is 0 Å². The summed E-state index contributed by atoms with van der Waals surface area (Å²) in [7, 11) is 0. The van der Waals surface area contributed by atoms with Gasteiger partial charge in [-0.15, -0.1) is 0 Å². The molecule has 2 aromatic heterocycles. The number of nitrogens with one attached hydrogen (secondary N) is 1. The molecule has 0 unspecified atom stereocenters. The fourth-order valence-electron chi connectivity index (χ4n) is 2.56. The van der Waals surface area contributed by atoms with Gasteiger partial charge in [0.05, 0.1) is 5.69 Å². The van der Waals surface area contributed by atoms with Crippen LogP contribution >= 0.6 is 0 Å². The molecule has 24 heavy (non-hydrogen) atoms. The maximum atomic E-state index is 13.4. The van der Waals surface area contributed by atoms with Gasteiger partial charge in [0.15, 0.2) is 5.65 Å². The fourth-order valence-corrected chi connectivity index (χ4v) is 2.56. The molecule has 2 aromatic carbocycles. The molecule has 0 radical (unpaired) electrons. The van der Waals surface area contributed by atoms with E-state index in [2.05, 4.69) is 27.5 Å². The predicted octanol–water partition coefficient (Wildman–Crippen LogP) is 4.15. The summed E-state index contributed by atoms with van der Waals surface area (Å²) in [6, 6.07) is 20.3. The molecule has 118 valence electrons. The van der Waals surface area contributed by atoms with Gasteiger partial charge in [0.2, 0.25) is 0 Å².